The number of hydrogen-bond acceptors (Lipinski definition) is 2. The SMILES string of the molecule is O=C(O)C(CCc1ccccc1)n1ccccc1=O. The molecule has 1 heterocycles. The van der Waals surface area contributed by atoms with Crippen LogP contribution < -0.4 is 5.56 Å². The second-order valence-electron chi connectivity index (χ2n) is 4.32. The zero-order valence-electron chi connectivity index (χ0n) is 10.4. The minimum atomic E-state index is -0.982. The minimum absolute atomic E-state index is 0.289. The van der Waals surface area contributed by atoms with Gasteiger partial charge in [-0.25, -0.2) is 4.79 Å². The molecule has 0 aliphatic heterocycles. The van der Waals surface area contributed by atoms with Gasteiger partial charge in [0, 0.05) is 12.3 Å². The Labute approximate surface area is 110 Å². The Morgan fingerprint density at radius 3 is 2.42 bits per heavy atom. The van der Waals surface area contributed by atoms with Gasteiger partial charge < -0.3 is 9.67 Å². The lowest BCUT2D eigenvalue weighted by atomic mass is 10.1. The first-order chi connectivity index (χ1) is 9.18. The number of nitrogens with zero attached hydrogens (tertiary/aromatic N) is 1. The van der Waals surface area contributed by atoms with E-state index >= 15 is 0 Å². The minimum Gasteiger partial charge on any atom is -0.480 e. The summed E-state index contributed by atoms with van der Waals surface area (Å²) in [5.41, 5.74) is 0.778. The van der Waals surface area contributed by atoms with Crippen molar-refractivity contribution in [3.05, 3.63) is 70.6 Å². The van der Waals surface area contributed by atoms with Crippen LogP contribution in [0.5, 0.6) is 0 Å². The van der Waals surface area contributed by atoms with Crippen LogP contribution >= 0.6 is 0 Å². The van der Waals surface area contributed by atoms with E-state index in [1.807, 2.05) is 30.3 Å². The number of aliphatic carboxylic acids is 1. The number of rotatable bonds is 5. The smallest absolute Gasteiger partial charge is 0.326 e. The number of carbonyl (C=O) groups is 1. The predicted molar refractivity (Wildman–Crippen MR) is 72.1 cm³/mol. The van der Waals surface area contributed by atoms with Gasteiger partial charge in [0.05, 0.1) is 0 Å². The van der Waals surface area contributed by atoms with Gasteiger partial charge in [0.1, 0.15) is 6.04 Å². The summed E-state index contributed by atoms with van der Waals surface area (Å²) in [6.45, 7) is 0. The fourth-order valence-electron chi connectivity index (χ4n) is 2.03. The molecule has 0 amide bonds. The molecule has 4 nitrogen and oxygen atoms in total. The fourth-order valence-corrected chi connectivity index (χ4v) is 2.03. The van der Waals surface area contributed by atoms with Gasteiger partial charge in [-0.1, -0.05) is 36.4 Å². The molecule has 0 fully saturated rings. The zero-order valence-corrected chi connectivity index (χ0v) is 10.4. The third kappa shape index (κ3) is 3.31. The van der Waals surface area contributed by atoms with Crippen molar-refractivity contribution < 1.29 is 9.90 Å². The molecule has 4 heteroatoms. The van der Waals surface area contributed by atoms with Crippen molar-refractivity contribution in [1.82, 2.24) is 4.57 Å². The monoisotopic (exact) mass is 257 g/mol. The van der Waals surface area contributed by atoms with Crippen LogP contribution in [-0.4, -0.2) is 15.6 Å². The molecule has 0 spiro atoms. The standard InChI is InChI=1S/C15H15NO3/c17-14-8-4-5-11-16(14)13(15(18)19)10-9-12-6-2-1-3-7-12/h1-8,11,13H,9-10H2,(H,18,19). The molecule has 1 aromatic heterocycles. The summed E-state index contributed by atoms with van der Waals surface area (Å²) in [6.07, 6.45) is 2.54. The van der Waals surface area contributed by atoms with E-state index in [1.54, 1.807) is 12.1 Å². The Balaban J connectivity index is 2.16. The van der Waals surface area contributed by atoms with E-state index in [4.69, 9.17) is 0 Å². The second-order valence-corrected chi connectivity index (χ2v) is 4.32. The van der Waals surface area contributed by atoms with Gasteiger partial charge >= 0.3 is 5.97 Å². The van der Waals surface area contributed by atoms with E-state index in [9.17, 15) is 14.7 Å². The summed E-state index contributed by atoms with van der Waals surface area (Å²) >= 11 is 0. The average Bonchev–Trinajstić information content (AvgIpc) is 2.42. The van der Waals surface area contributed by atoms with Crippen molar-refractivity contribution in [2.75, 3.05) is 0 Å². The molecule has 98 valence electrons. The van der Waals surface area contributed by atoms with Crippen molar-refractivity contribution in [3.8, 4) is 0 Å². The quantitative estimate of drug-likeness (QED) is 0.892. The fraction of sp³-hybridized carbons (Fsp3) is 0.200. The molecule has 0 aliphatic carbocycles. The lowest BCUT2D eigenvalue weighted by molar-refractivity contribution is -0.141. The molecule has 0 radical (unpaired) electrons. The summed E-state index contributed by atoms with van der Waals surface area (Å²) < 4.78 is 1.27. The first-order valence-electron chi connectivity index (χ1n) is 6.12. The molecule has 1 N–H and O–H groups in total. The third-order valence-corrected chi connectivity index (χ3v) is 3.02. The second kappa shape index (κ2) is 6.00. The van der Waals surface area contributed by atoms with Crippen LogP contribution in [0.4, 0.5) is 0 Å². The number of aryl methyl sites for hydroxylation is 1. The van der Waals surface area contributed by atoms with Crippen LogP contribution in [-0.2, 0) is 11.2 Å². The molecule has 0 saturated heterocycles. The predicted octanol–water partition coefficient (Wildman–Crippen LogP) is 2.11. The Morgan fingerprint density at radius 1 is 1.11 bits per heavy atom. The molecular formula is C15H15NO3. The average molecular weight is 257 g/mol. The zero-order chi connectivity index (χ0) is 13.7. The normalized spacial score (nSPS) is 12.0. The highest BCUT2D eigenvalue weighted by molar-refractivity contribution is 5.71. The summed E-state index contributed by atoms with van der Waals surface area (Å²) in [5.74, 6) is -0.982. The van der Waals surface area contributed by atoms with Crippen LogP contribution in [0.25, 0.3) is 0 Å². The van der Waals surface area contributed by atoms with Gasteiger partial charge in [-0.05, 0) is 24.5 Å². The highest BCUT2D eigenvalue weighted by atomic mass is 16.4. The number of pyridine rings is 1. The largest absolute Gasteiger partial charge is 0.480 e. The summed E-state index contributed by atoms with van der Waals surface area (Å²) in [4.78, 5) is 23.0. The molecule has 2 rings (SSSR count). The molecule has 19 heavy (non-hydrogen) atoms. The summed E-state index contributed by atoms with van der Waals surface area (Å²) in [5, 5.41) is 9.27. The van der Waals surface area contributed by atoms with Crippen molar-refractivity contribution in [3.63, 3.8) is 0 Å². The highest BCUT2D eigenvalue weighted by Gasteiger charge is 2.19. The number of benzene rings is 1. The lowest BCUT2D eigenvalue weighted by Gasteiger charge is -2.15. The van der Waals surface area contributed by atoms with Crippen molar-refractivity contribution in [2.24, 2.45) is 0 Å². The van der Waals surface area contributed by atoms with Crippen LogP contribution in [0.2, 0.25) is 0 Å². The van der Waals surface area contributed by atoms with Crippen LogP contribution in [0.1, 0.15) is 18.0 Å². The maximum atomic E-state index is 11.7. The number of aromatic nitrogens is 1. The van der Waals surface area contributed by atoms with Crippen molar-refractivity contribution in [2.45, 2.75) is 18.9 Å². The summed E-state index contributed by atoms with van der Waals surface area (Å²) in [6, 6.07) is 13.5. The molecule has 0 aliphatic rings. The molecule has 0 bridgehead atoms. The number of hydrogen-bond donors (Lipinski definition) is 1. The van der Waals surface area contributed by atoms with E-state index in [0.29, 0.717) is 12.8 Å². The topological polar surface area (TPSA) is 59.3 Å². The van der Waals surface area contributed by atoms with E-state index in [2.05, 4.69) is 0 Å². The van der Waals surface area contributed by atoms with Gasteiger partial charge in [-0.15, -0.1) is 0 Å². The van der Waals surface area contributed by atoms with Crippen molar-refractivity contribution >= 4 is 5.97 Å². The van der Waals surface area contributed by atoms with E-state index < -0.39 is 12.0 Å². The Bertz CT molecular complexity index is 604. The highest BCUT2D eigenvalue weighted by Crippen LogP contribution is 2.14. The van der Waals surface area contributed by atoms with Gasteiger partial charge in [0.15, 0.2) is 0 Å². The first-order valence-corrected chi connectivity index (χ1v) is 6.12. The maximum Gasteiger partial charge on any atom is 0.326 e. The maximum absolute atomic E-state index is 11.7. The number of carboxylic acids is 1. The molecule has 1 aromatic carbocycles. The molecule has 2 aromatic rings. The lowest BCUT2D eigenvalue weighted by Crippen LogP contribution is -2.29. The van der Waals surface area contributed by atoms with Crippen LogP contribution in [0.15, 0.2) is 59.5 Å². The van der Waals surface area contributed by atoms with Crippen LogP contribution in [0, 0.1) is 0 Å². The third-order valence-electron chi connectivity index (χ3n) is 3.02. The summed E-state index contributed by atoms with van der Waals surface area (Å²) in [7, 11) is 0. The molecule has 1 atom stereocenters. The molecule has 0 saturated carbocycles. The first kappa shape index (κ1) is 13.1. The van der Waals surface area contributed by atoms with E-state index in [1.165, 1.54) is 16.8 Å². The Hall–Kier alpha value is -2.36. The van der Waals surface area contributed by atoms with E-state index in [-0.39, 0.29) is 5.56 Å². The van der Waals surface area contributed by atoms with Gasteiger partial charge in [0.2, 0.25) is 0 Å². The van der Waals surface area contributed by atoms with Gasteiger partial charge in [-0.3, -0.25) is 4.79 Å². The van der Waals surface area contributed by atoms with E-state index in [0.717, 1.165) is 5.56 Å². The van der Waals surface area contributed by atoms with Gasteiger partial charge in [-0.2, -0.15) is 0 Å². The Kier molecular flexibility index (Phi) is 4.13. The molecule has 1 unspecified atom stereocenters. The van der Waals surface area contributed by atoms with Crippen LogP contribution in [0.3, 0.4) is 0 Å². The van der Waals surface area contributed by atoms with Gasteiger partial charge in [0.25, 0.3) is 5.56 Å². The van der Waals surface area contributed by atoms with Crippen molar-refractivity contribution in [1.29, 1.82) is 0 Å². The number of carboxylic acid groups (broad SMARTS) is 1. The Morgan fingerprint density at radius 2 is 1.79 bits per heavy atom. The molecular weight excluding hydrogens is 242 g/mol.